The first kappa shape index (κ1) is 14.4. The second kappa shape index (κ2) is 6.45. The highest BCUT2D eigenvalue weighted by Gasteiger charge is 2.30. The van der Waals surface area contributed by atoms with Crippen molar-refractivity contribution in [1.82, 2.24) is 9.88 Å². The second-order valence-corrected chi connectivity index (χ2v) is 4.69. The van der Waals surface area contributed by atoms with Crippen LogP contribution in [0.2, 0.25) is 0 Å². The van der Waals surface area contributed by atoms with Crippen molar-refractivity contribution in [2.45, 2.75) is 19.8 Å². The topological polar surface area (TPSA) is 59.5 Å². The van der Waals surface area contributed by atoms with E-state index < -0.39 is 5.95 Å². The average Bonchev–Trinajstić information content (AvgIpc) is 2.47. The van der Waals surface area contributed by atoms with Crippen molar-refractivity contribution in [2.75, 3.05) is 19.7 Å². The SMILES string of the molecule is CCOC(=O)C1CCCN(C(=O)c2cccc(F)n2)C1. The van der Waals surface area contributed by atoms with Crippen molar-refractivity contribution in [3.63, 3.8) is 0 Å². The molecule has 1 aliphatic heterocycles. The van der Waals surface area contributed by atoms with E-state index in [9.17, 15) is 14.0 Å². The number of amides is 1. The summed E-state index contributed by atoms with van der Waals surface area (Å²) in [4.78, 5) is 29.1. The molecule has 0 N–H and O–H groups in total. The van der Waals surface area contributed by atoms with Crippen molar-refractivity contribution in [3.8, 4) is 0 Å². The van der Waals surface area contributed by atoms with Crippen LogP contribution in [-0.4, -0.2) is 41.5 Å². The fourth-order valence-electron chi connectivity index (χ4n) is 2.30. The Bertz CT molecular complexity index is 507. The van der Waals surface area contributed by atoms with E-state index in [1.807, 2.05) is 0 Å². The Labute approximate surface area is 116 Å². The Morgan fingerprint density at radius 1 is 1.50 bits per heavy atom. The number of likely N-dealkylation sites (tertiary alicyclic amines) is 1. The number of halogens is 1. The lowest BCUT2D eigenvalue weighted by Gasteiger charge is -2.31. The molecule has 5 nitrogen and oxygen atoms in total. The fraction of sp³-hybridized carbons (Fsp3) is 0.500. The Morgan fingerprint density at radius 2 is 2.30 bits per heavy atom. The Morgan fingerprint density at radius 3 is 3.00 bits per heavy atom. The number of hydrogen-bond acceptors (Lipinski definition) is 4. The van der Waals surface area contributed by atoms with Gasteiger partial charge in [0.2, 0.25) is 5.95 Å². The summed E-state index contributed by atoms with van der Waals surface area (Å²) in [7, 11) is 0. The number of pyridine rings is 1. The lowest BCUT2D eigenvalue weighted by atomic mass is 9.98. The molecule has 2 heterocycles. The monoisotopic (exact) mass is 280 g/mol. The first-order chi connectivity index (χ1) is 9.61. The van der Waals surface area contributed by atoms with Gasteiger partial charge in [0.15, 0.2) is 0 Å². The first-order valence-electron chi connectivity index (χ1n) is 6.70. The maximum atomic E-state index is 13.0. The lowest BCUT2D eigenvalue weighted by molar-refractivity contribution is -0.149. The van der Waals surface area contributed by atoms with Gasteiger partial charge in [0.25, 0.3) is 5.91 Å². The van der Waals surface area contributed by atoms with E-state index in [0.717, 1.165) is 6.42 Å². The number of esters is 1. The zero-order chi connectivity index (χ0) is 14.5. The van der Waals surface area contributed by atoms with Gasteiger partial charge >= 0.3 is 5.97 Å². The number of piperidine rings is 1. The van der Waals surface area contributed by atoms with Gasteiger partial charge in [-0.15, -0.1) is 0 Å². The van der Waals surface area contributed by atoms with Gasteiger partial charge in [0.1, 0.15) is 5.69 Å². The number of aromatic nitrogens is 1. The van der Waals surface area contributed by atoms with Gasteiger partial charge in [-0.25, -0.2) is 4.98 Å². The molecule has 0 radical (unpaired) electrons. The van der Waals surface area contributed by atoms with Crippen LogP contribution in [0, 0.1) is 11.9 Å². The van der Waals surface area contributed by atoms with Crippen LogP contribution >= 0.6 is 0 Å². The summed E-state index contributed by atoms with van der Waals surface area (Å²) in [5, 5.41) is 0. The van der Waals surface area contributed by atoms with Crippen LogP contribution < -0.4 is 0 Å². The Kier molecular flexibility index (Phi) is 4.65. The number of ether oxygens (including phenoxy) is 1. The molecular weight excluding hydrogens is 263 g/mol. The van der Waals surface area contributed by atoms with Crippen LogP contribution in [0.1, 0.15) is 30.3 Å². The quantitative estimate of drug-likeness (QED) is 0.624. The van der Waals surface area contributed by atoms with Crippen LogP contribution in [0.3, 0.4) is 0 Å². The van der Waals surface area contributed by atoms with Crippen molar-refractivity contribution < 1.29 is 18.7 Å². The highest BCUT2D eigenvalue weighted by atomic mass is 19.1. The van der Waals surface area contributed by atoms with Gasteiger partial charge in [0.05, 0.1) is 12.5 Å². The van der Waals surface area contributed by atoms with E-state index in [-0.39, 0.29) is 23.5 Å². The number of carbonyl (C=O) groups is 2. The van der Waals surface area contributed by atoms with Gasteiger partial charge in [-0.3, -0.25) is 9.59 Å². The van der Waals surface area contributed by atoms with Crippen LogP contribution in [0.4, 0.5) is 4.39 Å². The van der Waals surface area contributed by atoms with E-state index in [4.69, 9.17) is 4.74 Å². The third-order valence-corrected chi connectivity index (χ3v) is 3.26. The summed E-state index contributed by atoms with van der Waals surface area (Å²) < 4.78 is 18.0. The van der Waals surface area contributed by atoms with Gasteiger partial charge in [-0.1, -0.05) is 6.07 Å². The van der Waals surface area contributed by atoms with Gasteiger partial charge in [-0.2, -0.15) is 4.39 Å². The van der Waals surface area contributed by atoms with Crippen molar-refractivity contribution in [2.24, 2.45) is 5.92 Å². The van der Waals surface area contributed by atoms with Crippen molar-refractivity contribution in [3.05, 3.63) is 29.8 Å². The first-order valence-corrected chi connectivity index (χ1v) is 6.70. The third-order valence-electron chi connectivity index (χ3n) is 3.26. The molecule has 1 aromatic heterocycles. The van der Waals surface area contributed by atoms with E-state index >= 15 is 0 Å². The highest BCUT2D eigenvalue weighted by Crippen LogP contribution is 2.19. The number of rotatable bonds is 3. The molecule has 20 heavy (non-hydrogen) atoms. The summed E-state index contributed by atoms with van der Waals surface area (Å²) in [6.45, 7) is 2.93. The Balaban J connectivity index is 2.05. The van der Waals surface area contributed by atoms with Crippen LogP contribution in [-0.2, 0) is 9.53 Å². The zero-order valence-corrected chi connectivity index (χ0v) is 11.3. The molecule has 6 heteroatoms. The lowest BCUT2D eigenvalue weighted by Crippen LogP contribution is -2.43. The van der Waals surface area contributed by atoms with Crippen molar-refractivity contribution >= 4 is 11.9 Å². The predicted octanol–water partition coefficient (Wildman–Crippen LogP) is 1.64. The summed E-state index contributed by atoms with van der Waals surface area (Å²) in [5.41, 5.74) is 0.0644. The predicted molar refractivity (Wildman–Crippen MR) is 69.5 cm³/mol. The standard InChI is InChI=1S/C14H17FN2O3/c1-2-20-14(19)10-5-4-8-17(9-10)13(18)11-6-3-7-12(15)16-11/h3,6-7,10H,2,4-5,8-9H2,1H3. The molecule has 1 unspecified atom stereocenters. The molecule has 1 aromatic rings. The zero-order valence-electron chi connectivity index (χ0n) is 11.3. The van der Waals surface area contributed by atoms with Crippen LogP contribution in [0.25, 0.3) is 0 Å². The second-order valence-electron chi connectivity index (χ2n) is 4.69. The minimum atomic E-state index is -0.685. The van der Waals surface area contributed by atoms with Gasteiger partial charge in [0, 0.05) is 13.1 Å². The van der Waals surface area contributed by atoms with E-state index in [1.54, 1.807) is 6.92 Å². The normalized spacial score (nSPS) is 18.7. The third kappa shape index (κ3) is 3.31. The number of carbonyl (C=O) groups excluding carboxylic acids is 2. The summed E-state index contributed by atoms with van der Waals surface area (Å²) in [6.07, 6.45) is 1.43. The summed E-state index contributed by atoms with van der Waals surface area (Å²) in [6, 6.07) is 4.11. The largest absolute Gasteiger partial charge is 0.466 e. The minimum absolute atomic E-state index is 0.0644. The highest BCUT2D eigenvalue weighted by molar-refractivity contribution is 5.92. The maximum Gasteiger partial charge on any atom is 0.310 e. The minimum Gasteiger partial charge on any atom is -0.466 e. The fourth-order valence-corrected chi connectivity index (χ4v) is 2.30. The van der Waals surface area contributed by atoms with E-state index in [1.165, 1.54) is 23.1 Å². The molecular formula is C14H17FN2O3. The number of hydrogen-bond donors (Lipinski definition) is 0. The average molecular weight is 280 g/mol. The molecule has 1 amide bonds. The molecule has 108 valence electrons. The molecule has 0 aliphatic carbocycles. The van der Waals surface area contributed by atoms with Gasteiger partial charge < -0.3 is 9.64 Å². The van der Waals surface area contributed by atoms with Crippen LogP contribution in [0.5, 0.6) is 0 Å². The maximum absolute atomic E-state index is 13.0. The molecule has 0 aromatic carbocycles. The molecule has 1 aliphatic rings. The summed E-state index contributed by atoms with van der Waals surface area (Å²) >= 11 is 0. The van der Waals surface area contributed by atoms with E-state index in [0.29, 0.717) is 26.1 Å². The molecule has 0 spiro atoms. The van der Waals surface area contributed by atoms with Crippen LogP contribution in [0.15, 0.2) is 18.2 Å². The molecule has 0 saturated carbocycles. The van der Waals surface area contributed by atoms with Gasteiger partial charge in [-0.05, 0) is 31.9 Å². The molecule has 1 saturated heterocycles. The molecule has 0 bridgehead atoms. The Hall–Kier alpha value is -1.98. The van der Waals surface area contributed by atoms with Crippen molar-refractivity contribution in [1.29, 1.82) is 0 Å². The van der Waals surface area contributed by atoms with E-state index in [2.05, 4.69) is 4.98 Å². The molecule has 2 rings (SSSR count). The molecule has 1 atom stereocenters. The summed E-state index contributed by atoms with van der Waals surface area (Å²) in [5.74, 6) is -1.62. The number of nitrogens with zero attached hydrogens (tertiary/aromatic N) is 2. The smallest absolute Gasteiger partial charge is 0.310 e. The molecule has 1 fully saturated rings.